The van der Waals surface area contributed by atoms with Gasteiger partial charge in [-0.15, -0.1) is 0 Å². The lowest BCUT2D eigenvalue weighted by atomic mass is 10.1. The topological polar surface area (TPSA) is 59.3 Å². The fourth-order valence-corrected chi connectivity index (χ4v) is 2.52. The molecule has 0 amide bonds. The maximum Gasteiger partial charge on any atom is 0.309 e. The third kappa shape index (κ3) is 4.23. The highest BCUT2D eigenvalue weighted by atomic mass is 79.9. The van der Waals surface area contributed by atoms with Crippen molar-refractivity contribution < 1.29 is 14.3 Å². The van der Waals surface area contributed by atoms with E-state index in [0.717, 1.165) is 5.56 Å². The Morgan fingerprint density at radius 2 is 2.09 bits per heavy atom. The number of esters is 1. The van der Waals surface area contributed by atoms with Crippen LogP contribution >= 0.6 is 27.5 Å². The van der Waals surface area contributed by atoms with Crippen molar-refractivity contribution in [3.63, 3.8) is 0 Å². The van der Waals surface area contributed by atoms with Gasteiger partial charge < -0.3 is 9.47 Å². The van der Waals surface area contributed by atoms with Crippen LogP contribution in [0.4, 0.5) is 0 Å². The van der Waals surface area contributed by atoms with Crippen LogP contribution in [0.2, 0.25) is 5.02 Å². The predicted molar refractivity (Wildman–Crippen MR) is 86.1 cm³/mol. The van der Waals surface area contributed by atoms with E-state index in [4.69, 9.17) is 21.6 Å². The summed E-state index contributed by atoms with van der Waals surface area (Å²) in [5.41, 5.74) is 1.22. The molecule has 4 nitrogen and oxygen atoms in total. The van der Waals surface area contributed by atoms with Gasteiger partial charge in [0, 0.05) is 5.02 Å². The van der Waals surface area contributed by atoms with Crippen molar-refractivity contribution in [2.24, 2.45) is 0 Å². The lowest BCUT2D eigenvalue weighted by Gasteiger charge is -2.10. The monoisotopic (exact) mass is 379 g/mol. The highest BCUT2D eigenvalue weighted by molar-refractivity contribution is 9.10. The average Bonchev–Trinajstić information content (AvgIpc) is 2.49. The molecule has 0 spiro atoms. The molecule has 0 saturated heterocycles. The van der Waals surface area contributed by atoms with Gasteiger partial charge in [-0.25, -0.2) is 0 Å². The lowest BCUT2D eigenvalue weighted by Crippen LogP contribution is -2.04. The van der Waals surface area contributed by atoms with Crippen LogP contribution in [0.3, 0.4) is 0 Å². The normalized spacial score (nSPS) is 9.91. The number of methoxy groups -OCH3 is 1. The molecule has 22 heavy (non-hydrogen) atoms. The first kappa shape index (κ1) is 16.3. The fraction of sp³-hybridized carbons (Fsp3) is 0.125. The van der Waals surface area contributed by atoms with E-state index in [2.05, 4.69) is 20.7 Å². The van der Waals surface area contributed by atoms with Crippen molar-refractivity contribution in [2.45, 2.75) is 6.42 Å². The van der Waals surface area contributed by atoms with E-state index >= 15 is 0 Å². The van der Waals surface area contributed by atoms with Gasteiger partial charge in [0.2, 0.25) is 0 Å². The molecule has 0 radical (unpaired) electrons. The minimum absolute atomic E-state index is 0.186. The molecule has 0 fully saturated rings. The van der Waals surface area contributed by atoms with Crippen LogP contribution in [0.25, 0.3) is 0 Å². The molecule has 0 saturated carbocycles. The van der Waals surface area contributed by atoms with E-state index in [9.17, 15) is 4.79 Å². The molecule has 0 heterocycles. The van der Waals surface area contributed by atoms with Gasteiger partial charge in [0.05, 0.1) is 29.6 Å². The second-order valence-corrected chi connectivity index (χ2v) is 5.70. The molecule has 0 aliphatic heterocycles. The number of carbonyl (C=O) groups is 1. The second-order valence-electron chi connectivity index (χ2n) is 4.41. The third-order valence-corrected chi connectivity index (χ3v) is 3.64. The van der Waals surface area contributed by atoms with E-state index in [1.54, 1.807) is 36.4 Å². The zero-order valence-electron chi connectivity index (χ0n) is 11.6. The molecule has 0 N–H and O–H groups in total. The zero-order valence-corrected chi connectivity index (χ0v) is 13.9. The summed E-state index contributed by atoms with van der Waals surface area (Å²) in [6.07, 6.45) is 0.186. The summed E-state index contributed by atoms with van der Waals surface area (Å²) in [4.78, 5) is 11.3. The fourth-order valence-electron chi connectivity index (χ4n) is 1.79. The summed E-state index contributed by atoms with van der Waals surface area (Å²) in [5, 5.41) is 9.36. The standard InChI is InChI=1S/C16H11BrClNO3/c1-21-16(20)7-10-2-3-15(14(17)6-10)22-13-5-11(9-19)4-12(18)8-13/h2-6,8H,7H2,1H3. The number of carbonyl (C=O) groups excluding carboxylic acids is 1. The van der Waals surface area contributed by atoms with Gasteiger partial charge in [-0.1, -0.05) is 17.7 Å². The summed E-state index contributed by atoms with van der Waals surface area (Å²) in [7, 11) is 1.35. The summed E-state index contributed by atoms with van der Waals surface area (Å²) < 4.78 is 11.0. The van der Waals surface area contributed by atoms with Crippen LogP contribution in [-0.2, 0) is 16.0 Å². The smallest absolute Gasteiger partial charge is 0.309 e. The van der Waals surface area contributed by atoms with Gasteiger partial charge in [-0.2, -0.15) is 5.26 Å². The molecule has 0 aliphatic carbocycles. The number of nitrogens with zero attached hydrogens (tertiary/aromatic N) is 1. The van der Waals surface area contributed by atoms with E-state index in [-0.39, 0.29) is 12.4 Å². The number of nitriles is 1. The highest BCUT2D eigenvalue weighted by Crippen LogP contribution is 2.32. The minimum Gasteiger partial charge on any atom is -0.469 e. The van der Waals surface area contributed by atoms with Crippen LogP contribution in [-0.4, -0.2) is 13.1 Å². The van der Waals surface area contributed by atoms with Crippen LogP contribution in [0.15, 0.2) is 40.9 Å². The number of hydrogen-bond donors (Lipinski definition) is 0. The van der Waals surface area contributed by atoms with E-state index in [0.29, 0.717) is 26.6 Å². The van der Waals surface area contributed by atoms with Gasteiger partial charge in [0.25, 0.3) is 0 Å². The van der Waals surface area contributed by atoms with Crippen LogP contribution in [0.1, 0.15) is 11.1 Å². The van der Waals surface area contributed by atoms with E-state index < -0.39 is 0 Å². The molecule has 0 bridgehead atoms. The number of benzene rings is 2. The predicted octanol–water partition coefficient (Wildman–Crippen LogP) is 4.48. The van der Waals surface area contributed by atoms with Gasteiger partial charge in [-0.3, -0.25) is 4.79 Å². The number of hydrogen-bond acceptors (Lipinski definition) is 4. The number of halogens is 2. The molecule has 0 aromatic heterocycles. The molecule has 0 unspecified atom stereocenters. The van der Waals surface area contributed by atoms with Crippen molar-refractivity contribution in [3.05, 3.63) is 57.0 Å². The Kier molecular flexibility index (Phi) is 5.42. The van der Waals surface area contributed by atoms with E-state index in [1.165, 1.54) is 7.11 Å². The maximum absolute atomic E-state index is 11.3. The van der Waals surface area contributed by atoms with Crippen molar-refractivity contribution in [1.29, 1.82) is 5.26 Å². The summed E-state index contributed by atoms with van der Waals surface area (Å²) in [5.74, 6) is 0.708. The first-order chi connectivity index (χ1) is 10.5. The van der Waals surface area contributed by atoms with Crippen molar-refractivity contribution in [2.75, 3.05) is 7.11 Å². The molecular weight excluding hydrogens is 370 g/mol. The first-order valence-electron chi connectivity index (χ1n) is 6.25. The summed E-state index contributed by atoms with van der Waals surface area (Å²) >= 11 is 9.33. The van der Waals surface area contributed by atoms with Gasteiger partial charge >= 0.3 is 5.97 Å². The van der Waals surface area contributed by atoms with Crippen molar-refractivity contribution in [3.8, 4) is 17.6 Å². The Morgan fingerprint density at radius 1 is 1.32 bits per heavy atom. The maximum atomic E-state index is 11.3. The molecule has 0 aliphatic rings. The Hall–Kier alpha value is -2.03. The number of ether oxygens (including phenoxy) is 2. The third-order valence-electron chi connectivity index (χ3n) is 2.80. The molecule has 6 heteroatoms. The van der Waals surface area contributed by atoms with Gasteiger partial charge in [-0.05, 0) is 51.8 Å². The Bertz CT molecular complexity index is 756. The van der Waals surface area contributed by atoms with Crippen molar-refractivity contribution >= 4 is 33.5 Å². The summed E-state index contributed by atoms with van der Waals surface area (Å²) in [6.45, 7) is 0. The molecule has 2 aromatic rings. The minimum atomic E-state index is -0.311. The molecule has 0 atom stereocenters. The van der Waals surface area contributed by atoms with Crippen LogP contribution in [0.5, 0.6) is 11.5 Å². The molecule has 2 aromatic carbocycles. The van der Waals surface area contributed by atoms with Crippen LogP contribution in [0, 0.1) is 11.3 Å². The average molecular weight is 381 g/mol. The Labute approximate surface area is 141 Å². The SMILES string of the molecule is COC(=O)Cc1ccc(Oc2cc(Cl)cc(C#N)c2)c(Br)c1. The van der Waals surface area contributed by atoms with Gasteiger partial charge in [0.15, 0.2) is 0 Å². The van der Waals surface area contributed by atoms with Gasteiger partial charge in [0.1, 0.15) is 11.5 Å². The number of rotatable bonds is 4. The first-order valence-corrected chi connectivity index (χ1v) is 7.42. The van der Waals surface area contributed by atoms with Crippen molar-refractivity contribution in [1.82, 2.24) is 0 Å². The molecular formula is C16H11BrClNO3. The molecule has 2 rings (SSSR count). The summed E-state index contributed by atoms with van der Waals surface area (Å²) in [6, 6.07) is 12.1. The largest absolute Gasteiger partial charge is 0.469 e. The highest BCUT2D eigenvalue weighted by Gasteiger charge is 2.09. The van der Waals surface area contributed by atoms with E-state index in [1.807, 2.05) is 6.07 Å². The Balaban J connectivity index is 2.22. The quantitative estimate of drug-likeness (QED) is 0.734. The molecule has 112 valence electrons. The van der Waals surface area contributed by atoms with Crippen LogP contribution < -0.4 is 4.74 Å². The lowest BCUT2D eigenvalue weighted by molar-refractivity contribution is -0.139. The second kappa shape index (κ2) is 7.30. The zero-order chi connectivity index (χ0) is 16.1. The Morgan fingerprint density at radius 3 is 2.73 bits per heavy atom.